The largest absolute Gasteiger partial charge is 0.436 e. The third-order valence-electron chi connectivity index (χ3n) is 2.86. The topological polar surface area (TPSA) is 38.9 Å². The monoisotopic (exact) mass is 270 g/mol. The Morgan fingerprint density at radius 1 is 1.26 bits per heavy atom. The summed E-state index contributed by atoms with van der Waals surface area (Å²) >= 11 is 1.75. The fraction of sp³-hybridized carbons (Fsp3) is 0.200. The highest BCUT2D eigenvalue weighted by Gasteiger charge is 2.12. The van der Waals surface area contributed by atoms with Gasteiger partial charge in [-0.15, -0.1) is 11.8 Å². The molecule has 3 nitrogen and oxygen atoms in total. The lowest BCUT2D eigenvalue weighted by Gasteiger charge is -2.02. The van der Waals surface area contributed by atoms with E-state index in [2.05, 4.69) is 23.8 Å². The average Bonchev–Trinajstić information content (AvgIpc) is 2.82. The summed E-state index contributed by atoms with van der Waals surface area (Å²) in [7, 11) is 0. The van der Waals surface area contributed by atoms with E-state index < -0.39 is 0 Å². The Bertz CT molecular complexity index is 721. The number of hydrogen-bond acceptors (Lipinski definition) is 4. The minimum absolute atomic E-state index is 0.666. The first kappa shape index (κ1) is 12.2. The second-order valence-electron chi connectivity index (χ2n) is 4.30. The van der Waals surface area contributed by atoms with Crippen LogP contribution in [0.1, 0.15) is 12.5 Å². The van der Waals surface area contributed by atoms with E-state index in [0.717, 1.165) is 27.3 Å². The van der Waals surface area contributed by atoms with E-state index in [-0.39, 0.29) is 0 Å². The van der Waals surface area contributed by atoms with Crippen molar-refractivity contribution in [1.29, 1.82) is 0 Å². The van der Waals surface area contributed by atoms with E-state index in [1.165, 1.54) is 5.56 Å². The molecular formula is C15H14N2OS. The van der Waals surface area contributed by atoms with Gasteiger partial charge < -0.3 is 4.42 Å². The zero-order chi connectivity index (χ0) is 13.2. The number of benzene rings is 1. The molecule has 0 N–H and O–H groups in total. The summed E-state index contributed by atoms with van der Waals surface area (Å²) < 4.78 is 5.84. The molecule has 0 amide bonds. The molecular weight excluding hydrogens is 256 g/mol. The van der Waals surface area contributed by atoms with E-state index in [9.17, 15) is 0 Å². The average molecular weight is 270 g/mol. The number of hydrogen-bond donors (Lipinski definition) is 0. The number of fused-ring (bicyclic) bond motifs is 1. The highest BCUT2D eigenvalue weighted by Crippen LogP contribution is 2.32. The minimum Gasteiger partial charge on any atom is -0.436 e. The van der Waals surface area contributed by atoms with Gasteiger partial charge in [0.1, 0.15) is 5.52 Å². The second-order valence-corrected chi connectivity index (χ2v) is 5.60. The predicted octanol–water partition coefficient (Wildman–Crippen LogP) is 4.31. The smallest absolute Gasteiger partial charge is 0.228 e. The lowest BCUT2D eigenvalue weighted by Crippen LogP contribution is -1.84. The number of rotatable bonds is 3. The van der Waals surface area contributed by atoms with E-state index in [1.807, 2.05) is 30.5 Å². The van der Waals surface area contributed by atoms with Gasteiger partial charge in [-0.1, -0.05) is 13.0 Å². The van der Waals surface area contributed by atoms with Gasteiger partial charge in [0, 0.05) is 17.3 Å². The van der Waals surface area contributed by atoms with Crippen LogP contribution in [0.2, 0.25) is 0 Å². The van der Waals surface area contributed by atoms with Crippen molar-refractivity contribution in [2.24, 2.45) is 0 Å². The Morgan fingerprint density at radius 3 is 3.00 bits per heavy atom. The van der Waals surface area contributed by atoms with Crippen LogP contribution in [0.3, 0.4) is 0 Å². The van der Waals surface area contributed by atoms with Crippen LogP contribution >= 0.6 is 11.8 Å². The van der Waals surface area contributed by atoms with Gasteiger partial charge in [-0.25, -0.2) is 4.98 Å². The number of aryl methyl sites for hydroxylation is 1. The molecule has 0 saturated heterocycles. The molecule has 4 heteroatoms. The highest BCUT2D eigenvalue weighted by atomic mass is 32.2. The first-order valence-electron chi connectivity index (χ1n) is 6.22. The van der Waals surface area contributed by atoms with Crippen LogP contribution in [-0.4, -0.2) is 15.7 Å². The Kier molecular flexibility index (Phi) is 3.25. The van der Waals surface area contributed by atoms with Gasteiger partial charge >= 0.3 is 0 Å². The SMILES string of the molecule is CCSc1cnccc1-c1nc2cc(C)ccc2o1. The molecule has 19 heavy (non-hydrogen) atoms. The summed E-state index contributed by atoms with van der Waals surface area (Å²) in [6.07, 6.45) is 3.64. The number of pyridine rings is 1. The Morgan fingerprint density at radius 2 is 2.16 bits per heavy atom. The molecule has 3 aromatic rings. The normalized spacial score (nSPS) is 11.1. The summed E-state index contributed by atoms with van der Waals surface area (Å²) in [5.41, 5.74) is 3.92. The molecule has 0 saturated carbocycles. The maximum Gasteiger partial charge on any atom is 0.228 e. The van der Waals surface area contributed by atoms with Crippen molar-refractivity contribution in [3.8, 4) is 11.5 Å². The van der Waals surface area contributed by atoms with Crippen molar-refractivity contribution in [1.82, 2.24) is 9.97 Å². The maximum atomic E-state index is 5.84. The van der Waals surface area contributed by atoms with Crippen molar-refractivity contribution >= 4 is 22.9 Å². The summed E-state index contributed by atoms with van der Waals surface area (Å²) in [6, 6.07) is 7.99. The summed E-state index contributed by atoms with van der Waals surface area (Å²) in [6.45, 7) is 4.18. The van der Waals surface area contributed by atoms with Gasteiger partial charge in [0.2, 0.25) is 5.89 Å². The van der Waals surface area contributed by atoms with E-state index in [0.29, 0.717) is 5.89 Å². The molecule has 0 aliphatic rings. The van der Waals surface area contributed by atoms with Gasteiger partial charge in [-0.3, -0.25) is 4.98 Å². The Hall–Kier alpha value is -1.81. The fourth-order valence-electron chi connectivity index (χ4n) is 1.98. The first-order valence-corrected chi connectivity index (χ1v) is 7.21. The molecule has 1 aromatic carbocycles. The summed E-state index contributed by atoms with van der Waals surface area (Å²) in [4.78, 5) is 9.85. The van der Waals surface area contributed by atoms with Crippen LogP contribution in [0.15, 0.2) is 46.0 Å². The Balaban J connectivity index is 2.13. The van der Waals surface area contributed by atoms with Crippen molar-refractivity contribution in [2.45, 2.75) is 18.7 Å². The highest BCUT2D eigenvalue weighted by molar-refractivity contribution is 7.99. The lowest BCUT2D eigenvalue weighted by molar-refractivity contribution is 0.618. The predicted molar refractivity (Wildman–Crippen MR) is 78.4 cm³/mol. The summed E-state index contributed by atoms with van der Waals surface area (Å²) in [5.74, 6) is 1.66. The zero-order valence-electron chi connectivity index (χ0n) is 10.9. The van der Waals surface area contributed by atoms with Crippen LogP contribution in [-0.2, 0) is 0 Å². The number of nitrogens with zero attached hydrogens (tertiary/aromatic N) is 2. The molecule has 0 atom stereocenters. The van der Waals surface area contributed by atoms with Gasteiger partial charge in [0.15, 0.2) is 5.58 Å². The van der Waals surface area contributed by atoms with E-state index >= 15 is 0 Å². The van der Waals surface area contributed by atoms with Crippen LogP contribution < -0.4 is 0 Å². The summed E-state index contributed by atoms with van der Waals surface area (Å²) in [5, 5.41) is 0. The molecule has 0 unspecified atom stereocenters. The van der Waals surface area contributed by atoms with Crippen molar-refractivity contribution in [2.75, 3.05) is 5.75 Å². The lowest BCUT2D eigenvalue weighted by atomic mass is 10.2. The molecule has 0 radical (unpaired) electrons. The molecule has 0 fully saturated rings. The third kappa shape index (κ3) is 2.36. The minimum atomic E-state index is 0.666. The molecule has 0 aliphatic heterocycles. The van der Waals surface area contributed by atoms with Crippen molar-refractivity contribution in [3.63, 3.8) is 0 Å². The van der Waals surface area contributed by atoms with Crippen LogP contribution in [0.25, 0.3) is 22.6 Å². The standard InChI is InChI=1S/C15H14N2OS/c1-3-19-14-9-16-7-6-11(14)15-17-12-8-10(2)4-5-13(12)18-15/h4-9H,3H2,1-2H3. The van der Waals surface area contributed by atoms with Gasteiger partial charge in [-0.2, -0.15) is 0 Å². The quantitative estimate of drug-likeness (QED) is 0.665. The molecule has 0 spiro atoms. The van der Waals surface area contributed by atoms with Crippen molar-refractivity contribution in [3.05, 3.63) is 42.2 Å². The van der Waals surface area contributed by atoms with Gasteiger partial charge in [0.05, 0.1) is 5.56 Å². The number of aromatic nitrogens is 2. The Labute approximate surface area is 116 Å². The van der Waals surface area contributed by atoms with E-state index in [4.69, 9.17) is 4.42 Å². The molecule has 0 bridgehead atoms. The van der Waals surface area contributed by atoms with E-state index in [1.54, 1.807) is 18.0 Å². The van der Waals surface area contributed by atoms with Crippen LogP contribution in [0, 0.1) is 6.92 Å². The van der Waals surface area contributed by atoms with Crippen LogP contribution in [0.5, 0.6) is 0 Å². The zero-order valence-corrected chi connectivity index (χ0v) is 11.7. The maximum absolute atomic E-state index is 5.84. The number of oxazole rings is 1. The third-order valence-corrected chi connectivity index (χ3v) is 3.78. The molecule has 0 aliphatic carbocycles. The molecule has 96 valence electrons. The second kappa shape index (κ2) is 5.05. The van der Waals surface area contributed by atoms with Crippen LogP contribution in [0.4, 0.5) is 0 Å². The van der Waals surface area contributed by atoms with Gasteiger partial charge in [-0.05, 0) is 36.4 Å². The molecule has 2 aromatic heterocycles. The van der Waals surface area contributed by atoms with Gasteiger partial charge in [0.25, 0.3) is 0 Å². The molecule has 2 heterocycles. The van der Waals surface area contributed by atoms with Crippen molar-refractivity contribution < 1.29 is 4.42 Å². The molecule has 3 rings (SSSR count). The first-order chi connectivity index (χ1) is 9.28. The fourth-order valence-corrected chi connectivity index (χ4v) is 2.74. The number of thioether (sulfide) groups is 1.